The molecule has 1 aliphatic heterocycles. The van der Waals surface area contributed by atoms with Crippen LogP contribution in [0.25, 0.3) is 0 Å². The van der Waals surface area contributed by atoms with E-state index in [9.17, 15) is 22.4 Å². The molecule has 1 saturated heterocycles. The van der Waals surface area contributed by atoms with Crippen molar-refractivity contribution in [3.8, 4) is 0 Å². The first-order valence-corrected chi connectivity index (χ1v) is 9.87. The van der Waals surface area contributed by atoms with Crippen LogP contribution in [0.2, 0.25) is 0 Å². The Hall–Kier alpha value is -2.45. The number of rotatable bonds is 7. The smallest absolute Gasteiger partial charge is 0.238 e. The summed E-state index contributed by atoms with van der Waals surface area (Å²) in [6, 6.07) is 5.94. The number of hydrogen-bond donors (Lipinski definition) is 2. The Morgan fingerprint density at radius 3 is 2.33 bits per heavy atom. The number of amides is 1. The van der Waals surface area contributed by atoms with Crippen LogP contribution in [-0.4, -0.2) is 36.0 Å². The Morgan fingerprint density at radius 2 is 1.67 bits per heavy atom. The lowest BCUT2D eigenvalue weighted by atomic mass is 9.86. The Labute approximate surface area is 173 Å². The van der Waals surface area contributed by atoms with E-state index in [4.69, 9.17) is 0 Å². The first kappa shape index (κ1) is 22.2. The van der Waals surface area contributed by atoms with E-state index in [2.05, 4.69) is 15.5 Å². The summed E-state index contributed by atoms with van der Waals surface area (Å²) < 4.78 is 54.5. The van der Waals surface area contributed by atoms with Gasteiger partial charge < -0.3 is 5.32 Å². The van der Waals surface area contributed by atoms with Gasteiger partial charge in [0.05, 0.1) is 18.3 Å². The molecule has 0 saturated carbocycles. The van der Waals surface area contributed by atoms with Gasteiger partial charge in [-0.25, -0.2) is 17.6 Å². The van der Waals surface area contributed by atoms with Crippen molar-refractivity contribution in [1.82, 2.24) is 10.2 Å². The topological polar surface area (TPSA) is 44.4 Å². The molecule has 1 aliphatic rings. The number of halogens is 4. The monoisotopic (exact) mass is 423 g/mol. The minimum Gasteiger partial charge on any atom is -0.322 e. The Morgan fingerprint density at radius 1 is 1.00 bits per heavy atom. The molecule has 0 radical (unpaired) electrons. The highest BCUT2D eigenvalue weighted by Gasteiger charge is 2.38. The van der Waals surface area contributed by atoms with Crippen LogP contribution in [-0.2, 0) is 4.79 Å². The molecule has 0 spiro atoms. The van der Waals surface area contributed by atoms with Crippen LogP contribution in [0.4, 0.5) is 23.2 Å². The molecule has 0 aliphatic carbocycles. The van der Waals surface area contributed by atoms with Gasteiger partial charge in [-0.1, -0.05) is 6.07 Å². The summed E-state index contributed by atoms with van der Waals surface area (Å²) in [7, 11) is 0. The van der Waals surface area contributed by atoms with Gasteiger partial charge in [-0.2, -0.15) is 0 Å². The second-order valence-electron chi connectivity index (χ2n) is 8.01. The molecule has 1 amide bonds. The van der Waals surface area contributed by atoms with Gasteiger partial charge in [0.2, 0.25) is 5.91 Å². The van der Waals surface area contributed by atoms with E-state index < -0.39 is 40.8 Å². The van der Waals surface area contributed by atoms with Gasteiger partial charge in [0.25, 0.3) is 0 Å². The van der Waals surface area contributed by atoms with Crippen LogP contribution < -0.4 is 10.6 Å². The van der Waals surface area contributed by atoms with Crippen molar-refractivity contribution in [2.75, 3.05) is 25.0 Å². The lowest BCUT2D eigenvalue weighted by Gasteiger charge is -2.43. The lowest BCUT2D eigenvalue weighted by Crippen LogP contribution is -2.52. The van der Waals surface area contributed by atoms with Crippen LogP contribution in [0, 0.1) is 23.3 Å². The first-order valence-electron chi connectivity index (χ1n) is 9.87. The first-order chi connectivity index (χ1) is 14.2. The Balaban J connectivity index is 1.79. The van der Waals surface area contributed by atoms with E-state index in [1.165, 1.54) is 6.07 Å². The summed E-state index contributed by atoms with van der Waals surface area (Å²) in [5.41, 5.74) is -0.272. The number of hydrogen-bond acceptors (Lipinski definition) is 3. The maximum atomic E-state index is 13.9. The second kappa shape index (κ2) is 9.14. The SMILES string of the molecule is CC(C)([C@@H](NCC(=O)Nc1cc(F)ccc1F)c1ccc(F)c(F)c1)N1CCCC1. The Bertz CT molecular complexity index is 913. The molecule has 162 valence electrons. The molecule has 2 aromatic carbocycles. The third-order valence-electron chi connectivity index (χ3n) is 5.57. The second-order valence-corrected chi connectivity index (χ2v) is 8.01. The average Bonchev–Trinajstić information content (AvgIpc) is 3.23. The zero-order valence-corrected chi connectivity index (χ0v) is 16.9. The van der Waals surface area contributed by atoms with Crippen molar-refractivity contribution in [1.29, 1.82) is 0 Å². The highest BCUT2D eigenvalue weighted by molar-refractivity contribution is 5.92. The molecular formula is C22H25F4N3O. The van der Waals surface area contributed by atoms with Crippen molar-refractivity contribution in [2.24, 2.45) is 0 Å². The van der Waals surface area contributed by atoms with Crippen molar-refractivity contribution in [3.05, 3.63) is 65.2 Å². The van der Waals surface area contributed by atoms with Crippen molar-refractivity contribution < 1.29 is 22.4 Å². The lowest BCUT2D eigenvalue weighted by molar-refractivity contribution is -0.115. The summed E-state index contributed by atoms with van der Waals surface area (Å²) in [5, 5.41) is 5.43. The predicted molar refractivity (Wildman–Crippen MR) is 107 cm³/mol. The van der Waals surface area contributed by atoms with Gasteiger partial charge in [0.1, 0.15) is 11.6 Å². The van der Waals surface area contributed by atoms with Crippen LogP contribution in [0.3, 0.4) is 0 Å². The van der Waals surface area contributed by atoms with Gasteiger partial charge in [-0.3, -0.25) is 15.0 Å². The molecule has 2 N–H and O–H groups in total. The van der Waals surface area contributed by atoms with Crippen LogP contribution in [0.15, 0.2) is 36.4 Å². The molecular weight excluding hydrogens is 398 g/mol. The Kier molecular flexibility index (Phi) is 6.77. The van der Waals surface area contributed by atoms with Crippen molar-refractivity contribution in [2.45, 2.75) is 38.3 Å². The van der Waals surface area contributed by atoms with Gasteiger partial charge in [0.15, 0.2) is 11.6 Å². The van der Waals surface area contributed by atoms with E-state index in [-0.39, 0.29) is 12.2 Å². The summed E-state index contributed by atoms with van der Waals surface area (Å²) in [4.78, 5) is 14.6. The normalized spacial score (nSPS) is 15.9. The molecule has 3 rings (SSSR count). The van der Waals surface area contributed by atoms with E-state index >= 15 is 0 Å². The van der Waals surface area contributed by atoms with Crippen LogP contribution in [0.5, 0.6) is 0 Å². The molecule has 8 heteroatoms. The minimum atomic E-state index is -0.970. The summed E-state index contributed by atoms with van der Waals surface area (Å²) in [6.45, 7) is 5.44. The zero-order chi connectivity index (χ0) is 21.9. The van der Waals surface area contributed by atoms with Crippen molar-refractivity contribution >= 4 is 11.6 Å². The number of anilines is 1. The van der Waals surface area contributed by atoms with E-state index in [0.29, 0.717) is 5.56 Å². The zero-order valence-electron chi connectivity index (χ0n) is 16.9. The van der Waals surface area contributed by atoms with E-state index in [1.807, 2.05) is 13.8 Å². The van der Waals surface area contributed by atoms with Gasteiger partial charge >= 0.3 is 0 Å². The van der Waals surface area contributed by atoms with Crippen molar-refractivity contribution in [3.63, 3.8) is 0 Å². The fourth-order valence-corrected chi connectivity index (χ4v) is 3.93. The summed E-state index contributed by atoms with van der Waals surface area (Å²) >= 11 is 0. The predicted octanol–water partition coefficient (Wildman–Crippen LogP) is 4.39. The summed E-state index contributed by atoms with van der Waals surface area (Å²) in [5.74, 6) is -3.92. The molecule has 2 aromatic rings. The standard InChI is InChI=1S/C22H25F4N3O/c1-22(2,29-9-3-4-10-29)21(14-5-7-16(24)18(26)11-14)27-13-20(30)28-19-12-15(23)6-8-17(19)25/h5-8,11-12,21,27H,3-4,9-10,13H2,1-2H3,(H,28,30)/t21-/m0/s1. The fourth-order valence-electron chi connectivity index (χ4n) is 3.93. The molecule has 1 heterocycles. The molecule has 30 heavy (non-hydrogen) atoms. The molecule has 0 unspecified atom stereocenters. The number of likely N-dealkylation sites (tertiary alicyclic amines) is 1. The van der Waals surface area contributed by atoms with Gasteiger partial charge in [-0.05, 0) is 69.6 Å². The van der Waals surface area contributed by atoms with Crippen LogP contribution >= 0.6 is 0 Å². The molecule has 1 atom stereocenters. The van der Waals surface area contributed by atoms with Crippen LogP contribution in [0.1, 0.15) is 38.3 Å². The molecule has 1 fully saturated rings. The number of nitrogens with one attached hydrogen (secondary N) is 2. The molecule has 0 bridgehead atoms. The number of nitrogens with zero attached hydrogens (tertiary/aromatic N) is 1. The third-order valence-corrected chi connectivity index (χ3v) is 5.57. The highest BCUT2D eigenvalue weighted by atomic mass is 19.2. The molecule has 4 nitrogen and oxygen atoms in total. The number of carbonyl (C=O) groups is 1. The third kappa shape index (κ3) is 4.99. The quantitative estimate of drug-likeness (QED) is 0.650. The fraction of sp³-hybridized carbons (Fsp3) is 0.409. The average molecular weight is 423 g/mol. The van der Waals surface area contributed by atoms with E-state index in [1.54, 1.807) is 0 Å². The largest absolute Gasteiger partial charge is 0.322 e. The molecule has 0 aromatic heterocycles. The van der Waals surface area contributed by atoms with E-state index in [0.717, 1.165) is 56.3 Å². The summed E-state index contributed by atoms with van der Waals surface area (Å²) in [6.07, 6.45) is 2.07. The number of carbonyl (C=O) groups excluding carboxylic acids is 1. The van der Waals surface area contributed by atoms with Gasteiger partial charge in [-0.15, -0.1) is 0 Å². The maximum Gasteiger partial charge on any atom is 0.238 e. The highest BCUT2D eigenvalue weighted by Crippen LogP contribution is 2.34. The number of benzene rings is 2. The minimum absolute atomic E-state index is 0.225. The maximum absolute atomic E-state index is 13.9. The van der Waals surface area contributed by atoms with Gasteiger partial charge in [0, 0.05) is 11.6 Å².